The van der Waals surface area contributed by atoms with Crippen LogP contribution in [-0.2, 0) is 16.4 Å². The van der Waals surface area contributed by atoms with Crippen molar-refractivity contribution >= 4 is 21.4 Å². The smallest absolute Gasteiger partial charge is 0.206 e. The normalized spacial score (nSPS) is 13.3. The summed E-state index contributed by atoms with van der Waals surface area (Å²) in [4.78, 5) is 1.02. The van der Waals surface area contributed by atoms with E-state index in [2.05, 4.69) is 4.72 Å². The number of nitrogens with zero attached hydrogens (tertiary/aromatic N) is 1. The predicted octanol–water partition coefficient (Wildman–Crippen LogP) is 1.89. The molecule has 1 aromatic rings. The highest BCUT2D eigenvalue weighted by Gasteiger charge is 2.20. The molecule has 6 heteroatoms. The zero-order valence-electron chi connectivity index (χ0n) is 9.23. The average molecular weight is 258 g/mol. The van der Waals surface area contributed by atoms with Crippen molar-refractivity contribution in [3.05, 3.63) is 17.0 Å². The first kappa shape index (κ1) is 13.2. The molecule has 0 saturated carbocycles. The first-order valence-corrected chi connectivity index (χ1v) is 7.34. The fourth-order valence-electron chi connectivity index (χ4n) is 1.14. The van der Waals surface area contributed by atoms with Gasteiger partial charge in [0.2, 0.25) is 0 Å². The Balaban J connectivity index is 2.90. The fourth-order valence-corrected chi connectivity index (χ4v) is 3.68. The molecule has 1 unspecified atom stereocenters. The highest BCUT2D eigenvalue weighted by Crippen LogP contribution is 2.22. The Hall–Kier alpha value is -0.900. The minimum atomic E-state index is -3.53. The van der Waals surface area contributed by atoms with Crippen LogP contribution in [0.4, 0.5) is 0 Å². The standard InChI is InChI=1S/C10H14N2O2S2/c1-3-8(7-11)12-16(13,14)10-6-5-9(4-2)15-10/h5-6,8,12H,3-4H2,1-2H3. The third-order valence-corrected chi connectivity index (χ3v) is 5.30. The summed E-state index contributed by atoms with van der Waals surface area (Å²) in [5, 5.41) is 8.71. The minimum Gasteiger partial charge on any atom is -0.206 e. The first-order chi connectivity index (χ1) is 7.53. The molecule has 0 aliphatic heterocycles. The largest absolute Gasteiger partial charge is 0.251 e. The molecule has 0 aliphatic carbocycles. The van der Waals surface area contributed by atoms with Gasteiger partial charge in [0, 0.05) is 4.88 Å². The van der Waals surface area contributed by atoms with Crippen LogP contribution in [0.25, 0.3) is 0 Å². The SMILES string of the molecule is CCc1ccc(S(=O)(=O)NC(C#N)CC)s1. The summed E-state index contributed by atoms with van der Waals surface area (Å²) in [5.74, 6) is 0. The number of hydrogen-bond acceptors (Lipinski definition) is 4. The van der Waals surface area contributed by atoms with E-state index in [1.165, 1.54) is 11.3 Å². The van der Waals surface area contributed by atoms with E-state index in [4.69, 9.17) is 5.26 Å². The molecule has 0 amide bonds. The van der Waals surface area contributed by atoms with Crippen LogP contribution < -0.4 is 4.72 Å². The monoisotopic (exact) mass is 258 g/mol. The van der Waals surface area contributed by atoms with Crippen molar-refractivity contribution in [2.75, 3.05) is 0 Å². The van der Waals surface area contributed by atoms with E-state index in [1.54, 1.807) is 19.1 Å². The van der Waals surface area contributed by atoms with Gasteiger partial charge in [0.1, 0.15) is 10.3 Å². The molecule has 0 radical (unpaired) electrons. The van der Waals surface area contributed by atoms with Crippen LogP contribution in [0.1, 0.15) is 25.1 Å². The topological polar surface area (TPSA) is 70.0 Å². The lowest BCUT2D eigenvalue weighted by Crippen LogP contribution is -2.32. The Morgan fingerprint density at radius 1 is 1.50 bits per heavy atom. The highest BCUT2D eigenvalue weighted by atomic mass is 32.2. The van der Waals surface area contributed by atoms with E-state index < -0.39 is 16.1 Å². The van der Waals surface area contributed by atoms with Crippen molar-refractivity contribution in [2.45, 2.75) is 36.9 Å². The van der Waals surface area contributed by atoms with Gasteiger partial charge in [-0.1, -0.05) is 13.8 Å². The summed E-state index contributed by atoms with van der Waals surface area (Å²) < 4.78 is 26.3. The Kier molecular flexibility index (Phi) is 4.47. The lowest BCUT2D eigenvalue weighted by molar-refractivity contribution is 0.571. The molecule has 88 valence electrons. The predicted molar refractivity (Wildman–Crippen MR) is 63.7 cm³/mol. The van der Waals surface area contributed by atoms with Gasteiger partial charge in [-0.2, -0.15) is 9.98 Å². The summed E-state index contributed by atoms with van der Waals surface area (Å²) in [5.41, 5.74) is 0. The molecule has 0 bridgehead atoms. The molecule has 0 aromatic carbocycles. The summed E-state index contributed by atoms with van der Waals surface area (Å²) in [7, 11) is -3.53. The van der Waals surface area contributed by atoms with Gasteiger partial charge in [0.15, 0.2) is 0 Å². The quantitative estimate of drug-likeness (QED) is 0.876. The maximum absolute atomic E-state index is 11.8. The average Bonchev–Trinajstić information content (AvgIpc) is 2.75. The highest BCUT2D eigenvalue weighted by molar-refractivity contribution is 7.91. The summed E-state index contributed by atoms with van der Waals surface area (Å²) in [6, 6.07) is 4.63. The third kappa shape index (κ3) is 3.04. The van der Waals surface area contributed by atoms with Gasteiger partial charge < -0.3 is 0 Å². The van der Waals surface area contributed by atoms with E-state index >= 15 is 0 Å². The second-order valence-electron chi connectivity index (χ2n) is 3.29. The Labute approximate surface area is 100.0 Å². The molecule has 1 rings (SSSR count). The van der Waals surface area contributed by atoms with Crippen molar-refractivity contribution in [3.63, 3.8) is 0 Å². The number of thiophene rings is 1. The van der Waals surface area contributed by atoms with Gasteiger partial charge in [-0.15, -0.1) is 11.3 Å². The Bertz CT molecular complexity index is 485. The van der Waals surface area contributed by atoms with Gasteiger partial charge in [0.05, 0.1) is 6.07 Å². The van der Waals surface area contributed by atoms with Gasteiger partial charge in [-0.05, 0) is 25.0 Å². The fraction of sp³-hybridized carbons (Fsp3) is 0.500. The maximum Gasteiger partial charge on any atom is 0.251 e. The zero-order chi connectivity index (χ0) is 12.2. The van der Waals surface area contributed by atoms with Crippen molar-refractivity contribution < 1.29 is 8.42 Å². The Morgan fingerprint density at radius 2 is 2.19 bits per heavy atom. The van der Waals surface area contributed by atoms with Crippen LogP contribution in [0.2, 0.25) is 0 Å². The van der Waals surface area contributed by atoms with Crippen molar-refractivity contribution in [1.29, 1.82) is 5.26 Å². The molecule has 0 spiro atoms. The zero-order valence-corrected chi connectivity index (χ0v) is 10.9. The van der Waals surface area contributed by atoms with E-state index in [0.717, 1.165) is 11.3 Å². The second kappa shape index (κ2) is 5.43. The second-order valence-corrected chi connectivity index (χ2v) is 6.39. The van der Waals surface area contributed by atoms with Crippen molar-refractivity contribution in [2.24, 2.45) is 0 Å². The van der Waals surface area contributed by atoms with E-state index in [9.17, 15) is 8.42 Å². The molecule has 1 atom stereocenters. The van der Waals surface area contributed by atoms with Crippen LogP contribution in [0.3, 0.4) is 0 Å². The molecular weight excluding hydrogens is 244 g/mol. The number of sulfonamides is 1. The maximum atomic E-state index is 11.8. The molecule has 0 fully saturated rings. The van der Waals surface area contributed by atoms with Gasteiger partial charge in [0.25, 0.3) is 10.0 Å². The summed E-state index contributed by atoms with van der Waals surface area (Å²) in [6.07, 6.45) is 1.28. The number of nitriles is 1. The summed E-state index contributed by atoms with van der Waals surface area (Å²) in [6.45, 7) is 3.74. The molecule has 4 nitrogen and oxygen atoms in total. The number of rotatable bonds is 5. The molecule has 0 saturated heterocycles. The van der Waals surface area contributed by atoms with E-state index in [-0.39, 0.29) is 4.21 Å². The van der Waals surface area contributed by atoms with E-state index in [1.807, 2.05) is 13.0 Å². The van der Waals surface area contributed by atoms with Crippen molar-refractivity contribution in [3.8, 4) is 6.07 Å². The molecule has 1 N–H and O–H groups in total. The number of hydrogen-bond donors (Lipinski definition) is 1. The van der Waals surface area contributed by atoms with Crippen LogP contribution >= 0.6 is 11.3 Å². The number of aryl methyl sites for hydroxylation is 1. The van der Waals surface area contributed by atoms with Crippen LogP contribution in [0.15, 0.2) is 16.3 Å². The third-order valence-electron chi connectivity index (χ3n) is 2.11. The van der Waals surface area contributed by atoms with Crippen LogP contribution in [0.5, 0.6) is 0 Å². The first-order valence-electron chi connectivity index (χ1n) is 5.04. The molecule has 1 aromatic heterocycles. The lowest BCUT2D eigenvalue weighted by Gasteiger charge is -2.07. The van der Waals surface area contributed by atoms with Crippen LogP contribution in [-0.4, -0.2) is 14.5 Å². The van der Waals surface area contributed by atoms with E-state index in [0.29, 0.717) is 6.42 Å². The molecule has 0 aliphatic rings. The number of nitrogens with one attached hydrogen (secondary N) is 1. The van der Waals surface area contributed by atoms with Crippen molar-refractivity contribution in [1.82, 2.24) is 4.72 Å². The van der Waals surface area contributed by atoms with Gasteiger partial charge in [-0.3, -0.25) is 0 Å². The molecule has 1 heterocycles. The lowest BCUT2D eigenvalue weighted by atomic mass is 10.3. The Morgan fingerprint density at radius 3 is 2.62 bits per heavy atom. The van der Waals surface area contributed by atoms with Gasteiger partial charge >= 0.3 is 0 Å². The summed E-state index contributed by atoms with van der Waals surface area (Å²) >= 11 is 1.24. The van der Waals surface area contributed by atoms with Crippen LogP contribution in [0, 0.1) is 11.3 Å². The minimum absolute atomic E-state index is 0.276. The molecular formula is C10H14N2O2S2. The molecule has 16 heavy (non-hydrogen) atoms. The van der Waals surface area contributed by atoms with Gasteiger partial charge in [-0.25, -0.2) is 8.42 Å².